The first-order chi connectivity index (χ1) is 13.7. The molecular formula is C19H15Cl3N2O3S2. The van der Waals surface area contributed by atoms with Gasteiger partial charge in [0.1, 0.15) is 4.88 Å². The van der Waals surface area contributed by atoms with Crippen LogP contribution in [0.25, 0.3) is 10.1 Å². The van der Waals surface area contributed by atoms with E-state index < -0.39 is 15.9 Å². The van der Waals surface area contributed by atoms with E-state index >= 15 is 0 Å². The van der Waals surface area contributed by atoms with Crippen LogP contribution in [0.2, 0.25) is 15.1 Å². The van der Waals surface area contributed by atoms with Gasteiger partial charge in [-0.2, -0.15) is 0 Å². The first kappa shape index (κ1) is 22.1. The second-order valence-corrected chi connectivity index (χ2v) is 10.1. The first-order valence-electron chi connectivity index (χ1n) is 8.26. The van der Waals surface area contributed by atoms with Gasteiger partial charge < -0.3 is 5.32 Å². The molecule has 0 spiro atoms. The summed E-state index contributed by atoms with van der Waals surface area (Å²) in [5, 5.41) is 4.44. The zero-order chi connectivity index (χ0) is 21.2. The molecule has 1 amide bonds. The highest BCUT2D eigenvalue weighted by Gasteiger charge is 2.20. The van der Waals surface area contributed by atoms with Crippen molar-refractivity contribution in [2.45, 2.75) is 5.75 Å². The van der Waals surface area contributed by atoms with E-state index in [0.717, 1.165) is 0 Å². The number of anilines is 1. The van der Waals surface area contributed by atoms with Crippen LogP contribution in [0.4, 0.5) is 5.69 Å². The topological polar surface area (TPSA) is 75.3 Å². The quantitative estimate of drug-likeness (QED) is 0.417. The Morgan fingerprint density at radius 2 is 1.83 bits per heavy atom. The molecule has 0 radical (unpaired) electrons. The van der Waals surface area contributed by atoms with Gasteiger partial charge in [-0.1, -0.05) is 53.0 Å². The number of carbonyl (C=O) groups excluding carboxylic acids is 1. The van der Waals surface area contributed by atoms with Crippen molar-refractivity contribution in [1.82, 2.24) is 4.72 Å². The highest BCUT2D eigenvalue weighted by Crippen LogP contribution is 2.41. The van der Waals surface area contributed by atoms with Crippen molar-refractivity contribution in [2.75, 3.05) is 11.9 Å². The molecular weight excluding hydrogens is 475 g/mol. The Hall–Kier alpha value is -1.61. The Bertz CT molecular complexity index is 1190. The van der Waals surface area contributed by atoms with Crippen LogP contribution in [0.15, 0.2) is 49.1 Å². The maximum Gasteiger partial charge on any atom is 0.267 e. The van der Waals surface area contributed by atoms with Gasteiger partial charge in [0.15, 0.2) is 0 Å². The number of thiophene rings is 1. The van der Waals surface area contributed by atoms with Crippen LogP contribution in [0.5, 0.6) is 0 Å². The fourth-order valence-electron chi connectivity index (χ4n) is 2.59. The monoisotopic (exact) mass is 488 g/mol. The van der Waals surface area contributed by atoms with E-state index in [0.29, 0.717) is 36.3 Å². The van der Waals surface area contributed by atoms with E-state index in [1.807, 2.05) is 0 Å². The number of carbonyl (C=O) groups is 1. The predicted octanol–water partition coefficient (Wildman–Crippen LogP) is 5.72. The van der Waals surface area contributed by atoms with Gasteiger partial charge in [0, 0.05) is 27.3 Å². The summed E-state index contributed by atoms with van der Waals surface area (Å²) in [6.45, 7) is 3.64. The Labute approximate surface area is 187 Å². The molecule has 0 atom stereocenters. The van der Waals surface area contributed by atoms with Gasteiger partial charge >= 0.3 is 0 Å². The van der Waals surface area contributed by atoms with Gasteiger partial charge in [-0.3, -0.25) is 4.79 Å². The van der Waals surface area contributed by atoms with Gasteiger partial charge in [0.25, 0.3) is 5.91 Å². The molecule has 10 heteroatoms. The van der Waals surface area contributed by atoms with Gasteiger partial charge in [-0.25, -0.2) is 13.1 Å². The molecule has 0 aliphatic carbocycles. The lowest BCUT2D eigenvalue weighted by atomic mass is 10.2. The van der Waals surface area contributed by atoms with E-state index in [9.17, 15) is 13.2 Å². The lowest BCUT2D eigenvalue weighted by molar-refractivity contribution is 0.103. The minimum atomic E-state index is -3.45. The summed E-state index contributed by atoms with van der Waals surface area (Å²) in [7, 11) is -3.45. The fraction of sp³-hybridized carbons (Fsp3) is 0.105. The number of rotatable bonds is 7. The molecule has 152 valence electrons. The molecule has 3 aromatic rings. The van der Waals surface area contributed by atoms with Crippen molar-refractivity contribution < 1.29 is 13.2 Å². The van der Waals surface area contributed by atoms with Crippen molar-refractivity contribution in [2.24, 2.45) is 0 Å². The molecule has 3 rings (SSSR count). The number of amides is 1. The minimum Gasteiger partial charge on any atom is -0.321 e. The predicted molar refractivity (Wildman–Crippen MR) is 122 cm³/mol. The van der Waals surface area contributed by atoms with Crippen molar-refractivity contribution in [3.63, 3.8) is 0 Å². The van der Waals surface area contributed by atoms with Crippen molar-refractivity contribution in [1.29, 1.82) is 0 Å². The number of halogens is 3. The molecule has 0 unspecified atom stereocenters. The van der Waals surface area contributed by atoms with E-state index in [-0.39, 0.29) is 17.3 Å². The highest BCUT2D eigenvalue weighted by atomic mass is 35.5. The van der Waals surface area contributed by atoms with E-state index in [1.165, 1.54) is 17.4 Å². The molecule has 0 aliphatic heterocycles. The molecule has 0 fully saturated rings. The molecule has 2 aromatic carbocycles. The lowest BCUT2D eigenvalue weighted by Gasteiger charge is -2.07. The highest BCUT2D eigenvalue weighted by molar-refractivity contribution is 7.88. The third kappa shape index (κ3) is 5.31. The van der Waals surface area contributed by atoms with Crippen LogP contribution >= 0.6 is 46.1 Å². The molecule has 0 saturated carbocycles. The van der Waals surface area contributed by atoms with Crippen LogP contribution in [-0.2, 0) is 15.8 Å². The van der Waals surface area contributed by atoms with Crippen LogP contribution in [-0.4, -0.2) is 20.9 Å². The maximum atomic E-state index is 12.7. The van der Waals surface area contributed by atoms with Crippen molar-refractivity contribution >= 4 is 77.8 Å². The normalized spacial score (nSPS) is 11.6. The smallest absolute Gasteiger partial charge is 0.267 e. The summed E-state index contributed by atoms with van der Waals surface area (Å²) in [4.78, 5) is 13.0. The van der Waals surface area contributed by atoms with Gasteiger partial charge in [0.2, 0.25) is 10.0 Å². The average molecular weight is 490 g/mol. The number of benzene rings is 2. The van der Waals surface area contributed by atoms with Crippen LogP contribution in [0.1, 0.15) is 15.2 Å². The fourth-order valence-corrected chi connectivity index (χ4v) is 5.96. The SMILES string of the molecule is C=CCNS(=O)(=O)Cc1ccc(NC(=O)c2sc3cc(Cl)cc(Cl)c3c2Cl)cc1. The molecule has 2 N–H and O–H groups in total. The Morgan fingerprint density at radius 1 is 1.14 bits per heavy atom. The largest absolute Gasteiger partial charge is 0.321 e. The third-order valence-electron chi connectivity index (χ3n) is 3.87. The average Bonchev–Trinajstić information content (AvgIpc) is 2.98. The Balaban J connectivity index is 1.76. The summed E-state index contributed by atoms with van der Waals surface area (Å²) < 4.78 is 27.0. The number of hydrogen-bond donors (Lipinski definition) is 2. The van der Waals surface area contributed by atoms with Gasteiger partial charge in [0.05, 0.1) is 15.8 Å². The number of sulfonamides is 1. The third-order valence-corrected chi connectivity index (χ3v) is 7.33. The Morgan fingerprint density at radius 3 is 2.48 bits per heavy atom. The summed E-state index contributed by atoms with van der Waals surface area (Å²) in [6.07, 6.45) is 1.47. The number of nitrogens with one attached hydrogen (secondary N) is 2. The zero-order valence-corrected chi connectivity index (χ0v) is 18.7. The van der Waals surface area contributed by atoms with Crippen LogP contribution < -0.4 is 10.0 Å². The lowest BCUT2D eigenvalue weighted by Crippen LogP contribution is -2.25. The number of hydrogen-bond acceptors (Lipinski definition) is 4. The second kappa shape index (κ2) is 9.04. The molecule has 1 heterocycles. The number of fused-ring (bicyclic) bond motifs is 1. The molecule has 5 nitrogen and oxygen atoms in total. The van der Waals surface area contributed by atoms with Gasteiger partial charge in [-0.15, -0.1) is 17.9 Å². The van der Waals surface area contributed by atoms with Crippen molar-refractivity contribution in [3.05, 3.63) is 74.6 Å². The van der Waals surface area contributed by atoms with E-state index in [2.05, 4.69) is 16.6 Å². The second-order valence-electron chi connectivity index (χ2n) is 6.05. The van der Waals surface area contributed by atoms with E-state index in [4.69, 9.17) is 34.8 Å². The molecule has 29 heavy (non-hydrogen) atoms. The summed E-state index contributed by atoms with van der Waals surface area (Å²) in [5.74, 6) is -0.562. The molecule has 1 aromatic heterocycles. The van der Waals surface area contributed by atoms with E-state index in [1.54, 1.807) is 36.4 Å². The minimum absolute atomic E-state index is 0.168. The first-order valence-corrected chi connectivity index (χ1v) is 11.9. The Kier molecular flexibility index (Phi) is 6.88. The molecule has 0 aliphatic rings. The summed E-state index contributed by atoms with van der Waals surface area (Å²) in [6, 6.07) is 9.79. The van der Waals surface area contributed by atoms with Crippen molar-refractivity contribution in [3.8, 4) is 0 Å². The zero-order valence-electron chi connectivity index (χ0n) is 14.8. The standard InChI is InChI=1S/C19H15Cl3N2O3S2/c1-2-7-23-29(26,27)10-11-3-5-13(6-4-11)24-19(25)18-17(22)16-14(21)8-12(20)9-15(16)28-18/h2-6,8-9,23H,1,7,10H2,(H,24,25). The summed E-state index contributed by atoms with van der Waals surface area (Å²) in [5.41, 5.74) is 1.09. The summed E-state index contributed by atoms with van der Waals surface area (Å²) >= 11 is 19.8. The van der Waals surface area contributed by atoms with Crippen LogP contribution in [0, 0.1) is 0 Å². The maximum absolute atomic E-state index is 12.7. The molecule has 0 saturated heterocycles. The molecule has 0 bridgehead atoms. The van der Waals surface area contributed by atoms with Crippen LogP contribution in [0.3, 0.4) is 0 Å². The van der Waals surface area contributed by atoms with Gasteiger partial charge in [-0.05, 0) is 29.8 Å².